The Morgan fingerprint density at radius 3 is 2.34 bits per heavy atom. The maximum atomic E-state index is 12.9. The molecule has 3 rings (SSSR count). The molecule has 0 saturated carbocycles. The molecule has 35 heavy (non-hydrogen) atoms. The molecule has 1 aromatic heterocycles. The molecular formula is C25H28N4O6. The lowest BCUT2D eigenvalue weighted by atomic mass is 10.0. The van der Waals surface area contributed by atoms with Crippen LogP contribution in [0.25, 0.3) is 10.9 Å². The van der Waals surface area contributed by atoms with Crippen LogP contribution in [0.4, 0.5) is 4.79 Å². The van der Waals surface area contributed by atoms with Crippen molar-refractivity contribution in [3.05, 3.63) is 71.9 Å². The number of rotatable bonds is 6. The number of carbonyl (C=O) groups excluding carboxylic acids is 4. The molecule has 0 saturated heterocycles. The number of carbonyl (C=O) groups is 4. The SMILES string of the molecule is CC(C)(C)OC(=O)C(=O)N[C@@H](Cc1c[nH]c2ccccc12)C(=O)NNC(=O)OCc1ccccc1. The lowest BCUT2D eigenvalue weighted by Gasteiger charge is -2.21. The first-order chi connectivity index (χ1) is 16.6. The zero-order valence-electron chi connectivity index (χ0n) is 19.7. The fraction of sp³-hybridized carbons (Fsp3) is 0.280. The first kappa shape index (κ1) is 25.3. The van der Waals surface area contributed by atoms with E-state index in [0.29, 0.717) is 0 Å². The molecule has 4 N–H and O–H groups in total. The average Bonchev–Trinajstić information content (AvgIpc) is 3.23. The molecule has 2 aromatic carbocycles. The number of ether oxygens (including phenoxy) is 2. The van der Waals surface area contributed by atoms with Crippen LogP contribution in [-0.4, -0.2) is 40.5 Å². The minimum absolute atomic E-state index is 0.0106. The Morgan fingerprint density at radius 2 is 1.63 bits per heavy atom. The Balaban J connectivity index is 1.66. The van der Waals surface area contributed by atoms with E-state index in [-0.39, 0.29) is 13.0 Å². The van der Waals surface area contributed by atoms with Crippen molar-refractivity contribution in [1.29, 1.82) is 0 Å². The second-order valence-corrected chi connectivity index (χ2v) is 8.77. The van der Waals surface area contributed by atoms with E-state index in [1.807, 2.05) is 30.3 Å². The van der Waals surface area contributed by atoms with Crippen molar-refractivity contribution in [2.75, 3.05) is 0 Å². The van der Waals surface area contributed by atoms with Gasteiger partial charge in [0.1, 0.15) is 18.2 Å². The van der Waals surface area contributed by atoms with Crippen molar-refractivity contribution >= 4 is 34.8 Å². The van der Waals surface area contributed by atoms with Crippen molar-refractivity contribution in [2.45, 2.75) is 45.4 Å². The first-order valence-electron chi connectivity index (χ1n) is 11.0. The highest BCUT2D eigenvalue weighted by molar-refractivity contribution is 6.33. The summed E-state index contributed by atoms with van der Waals surface area (Å²) < 4.78 is 10.1. The summed E-state index contributed by atoms with van der Waals surface area (Å²) in [6.45, 7) is 4.88. The topological polar surface area (TPSA) is 139 Å². The summed E-state index contributed by atoms with van der Waals surface area (Å²) in [7, 11) is 0. The highest BCUT2D eigenvalue weighted by Crippen LogP contribution is 2.19. The molecule has 0 unspecified atom stereocenters. The van der Waals surface area contributed by atoms with E-state index in [0.717, 1.165) is 22.0 Å². The van der Waals surface area contributed by atoms with Crippen molar-refractivity contribution < 1.29 is 28.7 Å². The van der Waals surface area contributed by atoms with Crippen LogP contribution >= 0.6 is 0 Å². The second-order valence-electron chi connectivity index (χ2n) is 8.77. The highest BCUT2D eigenvalue weighted by atomic mass is 16.6. The highest BCUT2D eigenvalue weighted by Gasteiger charge is 2.29. The fourth-order valence-electron chi connectivity index (χ4n) is 3.23. The Kier molecular flexibility index (Phi) is 8.08. The van der Waals surface area contributed by atoms with E-state index in [4.69, 9.17) is 9.47 Å². The summed E-state index contributed by atoms with van der Waals surface area (Å²) >= 11 is 0. The van der Waals surface area contributed by atoms with Crippen LogP contribution in [0.2, 0.25) is 0 Å². The quantitative estimate of drug-likeness (QED) is 0.243. The van der Waals surface area contributed by atoms with Gasteiger partial charge in [-0.15, -0.1) is 0 Å². The molecule has 0 bridgehead atoms. The molecule has 0 spiro atoms. The van der Waals surface area contributed by atoms with Crippen molar-refractivity contribution in [1.82, 2.24) is 21.2 Å². The molecule has 1 heterocycles. The average molecular weight is 481 g/mol. The Labute approximate surface area is 202 Å². The van der Waals surface area contributed by atoms with E-state index >= 15 is 0 Å². The number of benzene rings is 2. The Morgan fingerprint density at radius 1 is 0.943 bits per heavy atom. The molecule has 0 aliphatic carbocycles. The van der Waals surface area contributed by atoms with Crippen LogP contribution in [0.3, 0.4) is 0 Å². The minimum Gasteiger partial charge on any atom is -0.453 e. The van der Waals surface area contributed by atoms with Gasteiger partial charge in [-0.05, 0) is 38.0 Å². The maximum Gasteiger partial charge on any atom is 0.426 e. The number of aromatic amines is 1. The van der Waals surface area contributed by atoms with Crippen molar-refractivity contribution in [3.8, 4) is 0 Å². The summed E-state index contributed by atoms with van der Waals surface area (Å²) in [5, 5.41) is 3.25. The van der Waals surface area contributed by atoms with Crippen molar-refractivity contribution in [3.63, 3.8) is 0 Å². The lowest BCUT2D eigenvalue weighted by molar-refractivity contribution is -0.163. The summed E-state index contributed by atoms with van der Waals surface area (Å²) in [5.74, 6) is -2.94. The monoisotopic (exact) mass is 480 g/mol. The van der Waals surface area contributed by atoms with Crippen LogP contribution in [0.5, 0.6) is 0 Å². The lowest BCUT2D eigenvalue weighted by Crippen LogP contribution is -2.54. The molecule has 3 amide bonds. The molecule has 10 nitrogen and oxygen atoms in total. The number of amides is 3. The third kappa shape index (κ3) is 7.60. The fourth-order valence-corrected chi connectivity index (χ4v) is 3.23. The van der Waals surface area contributed by atoms with Gasteiger partial charge in [0.2, 0.25) is 0 Å². The summed E-state index contributed by atoms with van der Waals surface area (Å²) in [5.41, 5.74) is 5.86. The summed E-state index contributed by atoms with van der Waals surface area (Å²) in [6, 6.07) is 15.3. The van der Waals surface area contributed by atoms with E-state index in [2.05, 4.69) is 21.2 Å². The van der Waals surface area contributed by atoms with Gasteiger partial charge in [-0.2, -0.15) is 0 Å². The minimum atomic E-state index is -1.19. The van der Waals surface area contributed by atoms with Gasteiger partial charge in [-0.3, -0.25) is 15.0 Å². The molecule has 1 atom stereocenters. The van der Waals surface area contributed by atoms with Gasteiger partial charge >= 0.3 is 18.0 Å². The largest absolute Gasteiger partial charge is 0.453 e. The molecule has 0 radical (unpaired) electrons. The first-order valence-corrected chi connectivity index (χ1v) is 11.0. The number of para-hydroxylation sites is 1. The van der Waals surface area contributed by atoms with Crippen LogP contribution < -0.4 is 16.2 Å². The number of fused-ring (bicyclic) bond motifs is 1. The molecule has 184 valence electrons. The van der Waals surface area contributed by atoms with E-state index in [9.17, 15) is 19.2 Å². The molecule has 10 heteroatoms. The van der Waals surface area contributed by atoms with E-state index in [1.165, 1.54) is 0 Å². The molecular weight excluding hydrogens is 452 g/mol. The van der Waals surface area contributed by atoms with Gasteiger partial charge in [0, 0.05) is 23.5 Å². The van der Waals surface area contributed by atoms with Crippen LogP contribution in [0.15, 0.2) is 60.8 Å². The van der Waals surface area contributed by atoms with Gasteiger partial charge < -0.3 is 19.8 Å². The maximum absolute atomic E-state index is 12.9. The zero-order valence-corrected chi connectivity index (χ0v) is 19.7. The van der Waals surface area contributed by atoms with Crippen LogP contribution in [-0.2, 0) is 36.9 Å². The van der Waals surface area contributed by atoms with Gasteiger partial charge in [-0.25, -0.2) is 15.0 Å². The third-order valence-electron chi connectivity index (χ3n) is 4.81. The number of esters is 1. The van der Waals surface area contributed by atoms with Gasteiger partial charge in [0.05, 0.1) is 0 Å². The summed E-state index contributed by atoms with van der Waals surface area (Å²) in [6.07, 6.45) is 0.878. The third-order valence-corrected chi connectivity index (χ3v) is 4.81. The van der Waals surface area contributed by atoms with Gasteiger partial charge in [0.25, 0.3) is 5.91 Å². The normalized spacial score (nSPS) is 11.9. The standard InChI is InChI=1S/C25H28N4O6/c1-25(2,3)35-23(32)22(31)27-20(13-17-14-26-19-12-8-7-11-18(17)19)21(30)28-29-24(33)34-15-16-9-5-4-6-10-16/h4-12,14,20,26H,13,15H2,1-3H3,(H,27,31)(H,28,30)(H,29,33)/t20-/m0/s1. The van der Waals surface area contributed by atoms with Crippen LogP contribution in [0.1, 0.15) is 31.9 Å². The molecule has 0 aliphatic heterocycles. The Hall–Kier alpha value is -4.34. The molecule has 3 aromatic rings. The molecule has 0 aliphatic rings. The number of hydrazine groups is 1. The predicted molar refractivity (Wildman–Crippen MR) is 128 cm³/mol. The van der Waals surface area contributed by atoms with Crippen molar-refractivity contribution in [2.24, 2.45) is 0 Å². The van der Waals surface area contributed by atoms with E-state index in [1.54, 1.807) is 51.2 Å². The van der Waals surface area contributed by atoms with Gasteiger partial charge in [0.15, 0.2) is 0 Å². The number of H-pyrrole nitrogens is 1. The molecule has 0 fully saturated rings. The smallest absolute Gasteiger partial charge is 0.426 e. The Bertz CT molecular complexity index is 1200. The number of aromatic nitrogens is 1. The predicted octanol–water partition coefficient (Wildman–Crippen LogP) is 2.49. The van der Waals surface area contributed by atoms with Gasteiger partial charge in [-0.1, -0.05) is 48.5 Å². The number of hydrogen-bond donors (Lipinski definition) is 4. The van der Waals surface area contributed by atoms with E-state index < -0.39 is 35.5 Å². The van der Waals surface area contributed by atoms with Crippen LogP contribution in [0, 0.1) is 0 Å². The summed E-state index contributed by atoms with van der Waals surface area (Å²) in [4.78, 5) is 52.6. The number of nitrogens with one attached hydrogen (secondary N) is 4. The second kappa shape index (κ2) is 11.2. The number of hydrogen-bond acceptors (Lipinski definition) is 6. The zero-order chi connectivity index (χ0) is 25.4.